The van der Waals surface area contributed by atoms with Gasteiger partial charge in [-0.2, -0.15) is 8.78 Å². The number of anilines is 1. The maximum atomic E-state index is 14.2. The molecule has 1 aromatic heterocycles. The third-order valence-corrected chi connectivity index (χ3v) is 9.17. The second-order valence-corrected chi connectivity index (χ2v) is 12.3. The van der Waals surface area contributed by atoms with Crippen molar-refractivity contribution in [2.24, 2.45) is 5.92 Å². The molecular formula is C23H30BBrF2NNaO9PS. The van der Waals surface area contributed by atoms with E-state index in [4.69, 9.17) is 9.79 Å². The van der Waals surface area contributed by atoms with Crippen molar-refractivity contribution in [2.75, 3.05) is 11.9 Å². The van der Waals surface area contributed by atoms with E-state index in [1.807, 2.05) is 6.07 Å². The van der Waals surface area contributed by atoms with E-state index in [0.717, 1.165) is 50.8 Å². The zero-order chi connectivity index (χ0) is 29.4. The van der Waals surface area contributed by atoms with Crippen molar-refractivity contribution in [1.29, 1.82) is 0 Å². The van der Waals surface area contributed by atoms with Crippen molar-refractivity contribution < 1.29 is 81.0 Å². The van der Waals surface area contributed by atoms with Gasteiger partial charge in [-0.25, -0.2) is 0 Å². The molecular weight excluding hydrogens is 649 g/mol. The number of fused-ring (bicyclic) bond motifs is 1. The Bertz CT molecular complexity index is 1190. The van der Waals surface area contributed by atoms with Gasteiger partial charge in [-0.1, -0.05) is 44.2 Å². The van der Waals surface area contributed by atoms with Crippen LogP contribution in [0.5, 0.6) is 0 Å². The Labute approximate surface area is 265 Å². The summed E-state index contributed by atoms with van der Waals surface area (Å²) in [5, 5.41) is 3.84. The zero-order valence-corrected chi connectivity index (χ0v) is 27.9. The molecule has 0 amide bonds. The predicted molar refractivity (Wildman–Crippen MR) is 146 cm³/mol. The molecule has 0 aliphatic heterocycles. The Morgan fingerprint density at radius 2 is 1.60 bits per heavy atom. The summed E-state index contributed by atoms with van der Waals surface area (Å²) in [6.45, 7) is 4.05. The van der Waals surface area contributed by atoms with Crippen LogP contribution in [-0.2, 0) is 38.6 Å². The van der Waals surface area contributed by atoms with Gasteiger partial charge >= 0.3 is 50.1 Å². The Morgan fingerprint density at radius 3 is 2.08 bits per heavy atom. The summed E-state index contributed by atoms with van der Waals surface area (Å²) in [6.07, 6.45) is 7.39. The smallest absolute Gasteiger partial charge is 0.642 e. The molecule has 0 bridgehead atoms. The van der Waals surface area contributed by atoms with Crippen LogP contribution in [-0.4, -0.2) is 41.6 Å². The van der Waals surface area contributed by atoms with Gasteiger partial charge in [0, 0.05) is 37.2 Å². The predicted octanol–water partition coefficient (Wildman–Crippen LogP) is 2.94. The van der Waals surface area contributed by atoms with Gasteiger partial charge in [0.1, 0.15) is 4.88 Å². The molecule has 1 aliphatic carbocycles. The topological polar surface area (TPSA) is 148 Å². The molecule has 1 radical (unpaired) electrons. The molecule has 1 fully saturated rings. The molecule has 3 rings (SSSR count). The van der Waals surface area contributed by atoms with Crippen molar-refractivity contribution in [3.05, 3.63) is 27.5 Å². The first-order chi connectivity index (χ1) is 18.1. The number of benzene rings is 1. The first kappa shape index (κ1) is 37.0. The van der Waals surface area contributed by atoms with Gasteiger partial charge in [0.25, 0.3) is 17.9 Å². The number of halogens is 3. The van der Waals surface area contributed by atoms with Crippen LogP contribution in [0.4, 0.5) is 14.5 Å². The fraction of sp³-hybridized carbons (Fsp3) is 0.522. The molecule has 0 unspecified atom stereocenters. The van der Waals surface area contributed by atoms with Gasteiger partial charge in [-0.05, 0) is 34.3 Å². The first-order valence-electron chi connectivity index (χ1n) is 12.0. The van der Waals surface area contributed by atoms with Crippen LogP contribution >= 0.6 is 34.9 Å². The molecule has 1 heterocycles. The van der Waals surface area contributed by atoms with Gasteiger partial charge in [0.05, 0.1) is 10.4 Å². The summed E-state index contributed by atoms with van der Waals surface area (Å²) in [7, 11) is -7.19. The molecule has 3 N–H and O–H groups in total. The summed E-state index contributed by atoms with van der Waals surface area (Å²) in [5.74, 6) is -1.44. The minimum absolute atomic E-state index is 0. The average molecular weight is 679 g/mol. The first-order valence-corrected chi connectivity index (χ1v) is 15.3. The molecule has 0 saturated heterocycles. The molecule has 217 valence electrons. The van der Waals surface area contributed by atoms with E-state index in [9.17, 15) is 27.7 Å². The number of alkyl halides is 2. The second-order valence-electron chi connectivity index (χ2n) is 8.85. The normalized spacial score (nSPS) is 14.0. The van der Waals surface area contributed by atoms with Crippen LogP contribution in [0.15, 0.2) is 22.7 Å². The standard InChI is InChI=1S/C17H21BrF2NO3PS.C6H9BO6.Na/c18-14-12-7-4-8-13(21-10-9-11-5-2-1-3-6-11)15(12)26-16(14)17(19,20)25(22,23)24;1-4(8)11-7(12-5(2)9)13-6(3)10;/h4,7-8,11,21H,1-3,5-6,9-10H2,(H2,22,23,24);1-3H3;/q;-1;+1. The van der Waals surface area contributed by atoms with E-state index in [1.54, 1.807) is 12.1 Å². The van der Waals surface area contributed by atoms with E-state index in [0.29, 0.717) is 16.0 Å². The molecule has 1 saturated carbocycles. The Morgan fingerprint density at radius 1 is 1.07 bits per heavy atom. The summed E-state index contributed by atoms with van der Waals surface area (Å²) in [6, 6.07) is 5.23. The average Bonchev–Trinajstić information content (AvgIpc) is 3.16. The summed E-state index contributed by atoms with van der Waals surface area (Å²) < 4.78 is 53.3. The van der Waals surface area contributed by atoms with Crippen LogP contribution in [0.25, 0.3) is 10.1 Å². The number of rotatable bonds is 9. The maximum Gasteiger partial charge on any atom is 1.00 e. The van der Waals surface area contributed by atoms with Gasteiger partial charge < -0.3 is 29.1 Å². The number of thiophene rings is 1. The van der Waals surface area contributed by atoms with Gasteiger partial charge in [-0.3, -0.25) is 18.9 Å². The largest absolute Gasteiger partial charge is 1.00 e. The number of carbonyl (C=O) groups is 3. The molecule has 2 aromatic rings. The minimum Gasteiger partial charge on any atom is -0.642 e. The van der Waals surface area contributed by atoms with Crippen molar-refractivity contribution in [2.45, 2.75) is 65.0 Å². The fourth-order valence-electron chi connectivity index (χ4n) is 3.92. The molecule has 1 aliphatic rings. The Balaban J connectivity index is 0.000000489. The number of nitrogens with one attached hydrogen (secondary N) is 1. The van der Waals surface area contributed by atoms with Crippen molar-refractivity contribution >= 4 is 75.9 Å². The molecule has 17 heteroatoms. The summed E-state index contributed by atoms with van der Waals surface area (Å²) in [5.41, 5.74) is -3.49. The quantitative estimate of drug-likeness (QED) is 0.267. The van der Waals surface area contributed by atoms with Gasteiger partial charge in [0.15, 0.2) is 0 Å². The molecule has 10 nitrogen and oxygen atoms in total. The number of hydrogen-bond donors (Lipinski definition) is 3. The number of hydrogen-bond acceptors (Lipinski definition) is 9. The van der Waals surface area contributed by atoms with E-state index in [2.05, 4.69) is 35.2 Å². The van der Waals surface area contributed by atoms with E-state index in [-0.39, 0.29) is 34.0 Å². The Hall–Kier alpha value is -1.06. The monoisotopic (exact) mass is 678 g/mol. The molecule has 1 aromatic carbocycles. The third kappa shape index (κ3) is 11.0. The molecule has 0 atom stereocenters. The Kier molecular flexibility index (Phi) is 15.3. The van der Waals surface area contributed by atoms with Crippen LogP contribution in [0.2, 0.25) is 0 Å². The third-order valence-electron chi connectivity index (χ3n) is 5.67. The van der Waals surface area contributed by atoms with Gasteiger partial charge in [-0.15, -0.1) is 11.3 Å². The van der Waals surface area contributed by atoms with Crippen molar-refractivity contribution in [1.82, 2.24) is 0 Å². The van der Waals surface area contributed by atoms with E-state index < -0.39 is 43.4 Å². The summed E-state index contributed by atoms with van der Waals surface area (Å²) in [4.78, 5) is 48.7. The fourth-order valence-corrected chi connectivity index (χ4v) is 6.95. The van der Waals surface area contributed by atoms with Crippen molar-refractivity contribution in [3.8, 4) is 0 Å². The maximum absolute atomic E-state index is 14.2. The molecule has 0 spiro atoms. The van der Waals surface area contributed by atoms with Crippen LogP contribution < -0.4 is 34.9 Å². The molecule has 40 heavy (non-hydrogen) atoms. The van der Waals surface area contributed by atoms with Gasteiger partial charge in [0.2, 0.25) is 0 Å². The van der Waals surface area contributed by atoms with Crippen LogP contribution in [0, 0.1) is 5.92 Å². The van der Waals surface area contributed by atoms with E-state index in [1.165, 1.54) is 32.1 Å². The second kappa shape index (κ2) is 16.5. The zero-order valence-electron chi connectivity index (χ0n) is 22.6. The summed E-state index contributed by atoms with van der Waals surface area (Å²) >= 11 is 3.82. The number of carbonyl (C=O) groups excluding carboxylic acids is 3. The van der Waals surface area contributed by atoms with Crippen LogP contribution in [0.1, 0.15) is 64.2 Å². The minimum atomic E-state index is -5.60. The SMILES string of the molecule is CC(=O)O[B-](OC(C)=O)OC(C)=O.O=P(O)(O)C(F)(F)c1sc2c(NCCC3CCCCC3)cccc2c1Br.[Na+]. The van der Waals surface area contributed by atoms with E-state index >= 15 is 0 Å². The van der Waals surface area contributed by atoms with Crippen molar-refractivity contribution in [3.63, 3.8) is 0 Å². The van der Waals surface area contributed by atoms with Crippen LogP contribution in [0.3, 0.4) is 0 Å².